The number of aliphatic imine (C=N–C) groups is 1. The van der Waals surface area contributed by atoms with Crippen LogP contribution in [0.5, 0.6) is 0 Å². The summed E-state index contributed by atoms with van der Waals surface area (Å²) in [4.78, 5) is 20.2. The average Bonchev–Trinajstić information content (AvgIpc) is 2.37. The van der Waals surface area contributed by atoms with E-state index < -0.39 is 0 Å². The molecule has 0 spiro atoms. The predicted octanol–water partition coefficient (Wildman–Crippen LogP) is 4.10. The fraction of sp³-hybridized carbons (Fsp3) is 0.429. The molecule has 0 atom stereocenters. The third-order valence-corrected chi connectivity index (χ3v) is 4.42. The van der Waals surface area contributed by atoms with Crippen molar-refractivity contribution in [3.63, 3.8) is 0 Å². The van der Waals surface area contributed by atoms with Crippen LogP contribution in [0.2, 0.25) is 5.02 Å². The van der Waals surface area contributed by atoms with E-state index in [1.165, 1.54) is 0 Å². The summed E-state index contributed by atoms with van der Waals surface area (Å²) in [6.07, 6.45) is 0. The van der Waals surface area contributed by atoms with Crippen molar-refractivity contribution in [3.8, 4) is 0 Å². The van der Waals surface area contributed by atoms with Crippen LogP contribution >= 0.6 is 23.4 Å². The maximum atomic E-state index is 12.2. The molecule has 0 N–H and O–H groups in total. The number of rotatable bonds is 2. The molecule has 0 aromatic heterocycles. The van der Waals surface area contributed by atoms with E-state index in [9.17, 15) is 4.79 Å². The van der Waals surface area contributed by atoms with Gasteiger partial charge in [0.2, 0.25) is 0 Å². The molecule has 0 aliphatic carbocycles. The normalized spacial score (nSPS) is 18.3. The molecule has 0 saturated carbocycles. The van der Waals surface area contributed by atoms with Gasteiger partial charge >= 0.3 is 6.03 Å². The fourth-order valence-corrected chi connectivity index (χ4v) is 3.20. The van der Waals surface area contributed by atoms with Crippen molar-refractivity contribution in [1.82, 2.24) is 9.80 Å². The first-order valence-corrected chi connectivity index (χ1v) is 7.78. The number of urea groups is 1. The molecule has 0 radical (unpaired) electrons. The molecule has 1 fully saturated rings. The van der Waals surface area contributed by atoms with Gasteiger partial charge in [-0.2, -0.15) is 0 Å². The lowest BCUT2D eigenvalue weighted by molar-refractivity contribution is 0.176. The van der Waals surface area contributed by atoms with Crippen molar-refractivity contribution in [2.75, 3.05) is 12.9 Å². The minimum absolute atomic E-state index is 0.0101. The van der Waals surface area contributed by atoms with E-state index in [4.69, 9.17) is 11.6 Å². The molecule has 6 heteroatoms. The van der Waals surface area contributed by atoms with Gasteiger partial charge in [0.05, 0.1) is 11.6 Å². The maximum Gasteiger partial charge on any atom is 0.326 e. The van der Waals surface area contributed by atoms with Crippen LogP contribution in [0.25, 0.3) is 0 Å². The number of benzene rings is 1. The Labute approximate surface area is 128 Å². The summed E-state index contributed by atoms with van der Waals surface area (Å²) in [6.45, 7) is 5.98. The van der Waals surface area contributed by atoms with E-state index in [0.29, 0.717) is 10.9 Å². The van der Waals surface area contributed by atoms with Gasteiger partial charge in [-0.25, -0.2) is 9.79 Å². The molecule has 0 unspecified atom stereocenters. The number of nitrogens with zero attached hydrogens (tertiary/aromatic N) is 3. The number of amidine groups is 1. The zero-order chi connectivity index (χ0) is 14.9. The molecular weight excluding hydrogens is 294 g/mol. The van der Waals surface area contributed by atoms with Crippen LogP contribution in [0.4, 0.5) is 10.5 Å². The van der Waals surface area contributed by atoms with E-state index in [1.54, 1.807) is 23.7 Å². The molecule has 108 valence electrons. The van der Waals surface area contributed by atoms with Crippen molar-refractivity contribution >= 4 is 40.2 Å². The van der Waals surface area contributed by atoms with Crippen molar-refractivity contribution in [2.45, 2.75) is 26.8 Å². The summed E-state index contributed by atoms with van der Waals surface area (Å²) in [7, 11) is 1.76. The Morgan fingerprint density at radius 1 is 1.40 bits per heavy atom. The molecule has 2 amide bonds. The summed E-state index contributed by atoms with van der Waals surface area (Å²) in [5.74, 6) is 0.631. The number of hydrogen-bond acceptors (Lipinski definition) is 3. The molecule has 1 aliphatic heterocycles. The first kappa shape index (κ1) is 15.2. The zero-order valence-electron chi connectivity index (χ0n) is 12.1. The van der Waals surface area contributed by atoms with Gasteiger partial charge in [-0.05, 0) is 44.5 Å². The number of carbonyl (C=O) groups is 1. The van der Waals surface area contributed by atoms with Crippen LogP contribution in [-0.2, 0) is 0 Å². The summed E-state index contributed by atoms with van der Waals surface area (Å²) in [5.41, 5.74) is 1.84. The van der Waals surface area contributed by atoms with Crippen LogP contribution in [0.3, 0.4) is 0 Å². The molecule has 1 aromatic rings. The average molecular weight is 312 g/mol. The Hall–Kier alpha value is -1.20. The monoisotopic (exact) mass is 311 g/mol. The Balaban J connectivity index is 2.26. The van der Waals surface area contributed by atoms with Crippen LogP contribution in [0.1, 0.15) is 19.4 Å². The lowest BCUT2D eigenvalue weighted by atomic mass is 10.2. The Morgan fingerprint density at radius 3 is 2.70 bits per heavy atom. The van der Waals surface area contributed by atoms with Crippen molar-refractivity contribution in [1.29, 1.82) is 0 Å². The molecule has 20 heavy (non-hydrogen) atoms. The third kappa shape index (κ3) is 3.10. The van der Waals surface area contributed by atoms with Gasteiger partial charge in [0.1, 0.15) is 0 Å². The highest BCUT2D eigenvalue weighted by molar-refractivity contribution is 8.13. The summed E-state index contributed by atoms with van der Waals surface area (Å²) < 4.78 is 0. The zero-order valence-corrected chi connectivity index (χ0v) is 13.6. The van der Waals surface area contributed by atoms with Gasteiger partial charge in [-0.3, -0.25) is 4.90 Å². The second-order valence-electron chi connectivity index (χ2n) is 5.00. The summed E-state index contributed by atoms with van der Waals surface area (Å²) in [5, 5.41) is 1.41. The van der Waals surface area contributed by atoms with Crippen LogP contribution in [0, 0.1) is 6.92 Å². The fourth-order valence-electron chi connectivity index (χ4n) is 1.88. The predicted molar refractivity (Wildman–Crippen MR) is 85.9 cm³/mol. The lowest BCUT2D eigenvalue weighted by Gasteiger charge is -2.36. The summed E-state index contributed by atoms with van der Waals surface area (Å²) in [6, 6.07) is 5.74. The van der Waals surface area contributed by atoms with Gasteiger partial charge in [0.15, 0.2) is 5.17 Å². The van der Waals surface area contributed by atoms with E-state index in [0.717, 1.165) is 16.4 Å². The maximum absolute atomic E-state index is 12.2. The quantitative estimate of drug-likeness (QED) is 0.824. The molecule has 1 aromatic carbocycles. The van der Waals surface area contributed by atoms with Gasteiger partial charge in [-0.1, -0.05) is 23.4 Å². The molecule has 1 aliphatic rings. The van der Waals surface area contributed by atoms with Gasteiger partial charge < -0.3 is 4.90 Å². The Bertz CT molecular complexity index is 559. The first-order chi connectivity index (χ1) is 9.40. The highest BCUT2D eigenvalue weighted by Crippen LogP contribution is 2.27. The number of thioether (sulfide) groups is 1. The van der Waals surface area contributed by atoms with E-state index in [-0.39, 0.29) is 12.1 Å². The smallest absolute Gasteiger partial charge is 0.312 e. The molecular formula is C14H18ClN3OS. The number of hydrogen-bond donors (Lipinski definition) is 0. The van der Waals surface area contributed by atoms with Crippen molar-refractivity contribution in [3.05, 3.63) is 28.8 Å². The largest absolute Gasteiger partial charge is 0.326 e. The Morgan fingerprint density at radius 2 is 2.10 bits per heavy atom. The van der Waals surface area contributed by atoms with Gasteiger partial charge in [-0.15, -0.1) is 0 Å². The molecule has 0 bridgehead atoms. The minimum Gasteiger partial charge on any atom is -0.312 e. The van der Waals surface area contributed by atoms with Crippen LogP contribution < -0.4 is 0 Å². The highest BCUT2D eigenvalue weighted by Gasteiger charge is 2.29. The molecule has 1 saturated heterocycles. The van der Waals surface area contributed by atoms with Crippen LogP contribution in [-0.4, -0.2) is 40.0 Å². The number of halogens is 1. The number of aryl methyl sites for hydroxylation is 1. The van der Waals surface area contributed by atoms with E-state index in [1.807, 2.05) is 43.9 Å². The first-order valence-electron chi connectivity index (χ1n) is 6.42. The molecule has 4 nitrogen and oxygen atoms in total. The van der Waals surface area contributed by atoms with Crippen LogP contribution in [0.15, 0.2) is 23.2 Å². The second kappa shape index (κ2) is 6.06. The molecule has 1 heterocycles. The SMILES string of the molecule is Cc1cc(Cl)ccc1N=C1SCN(C(C)C)C(=O)N1C. The minimum atomic E-state index is -0.0101. The van der Waals surface area contributed by atoms with E-state index >= 15 is 0 Å². The lowest BCUT2D eigenvalue weighted by Crippen LogP contribution is -2.50. The number of carbonyl (C=O) groups excluding carboxylic acids is 1. The standard InChI is InChI=1S/C14H18ClN3OS/c1-9(2)18-8-20-13(17(4)14(18)19)16-12-6-5-11(15)7-10(12)3/h5-7,9H,8H2,1-4H3. The summed E-state index contributed by atoms with van der Waals surface area (Å²) >= 11 is 7.51. The van der Waals surface area contributed by atoms with Crippen molar-refractivity contribution in [2.24, 2.45) is 4.99 Å². The van der Waals surface area contributed by atoms with Gasteiger partial charge in [0, 0.05) is 18.1 Å². The second-order valence-corrected chi connectivity index (χ2v) is 6.35. The number of amides is 2. The highest BCUT2D eigenvalue weighted by atomic mass is 35.5. The van der Waals surface area contributed by atoms with Crippen molar-refractivity contribution < 1.29 is 4.79 Å². The molecule has 2 rings (SSSR count). The van der Waals surface area contributed by atoms with Gasteiger partial charge in [0.25, 0.3) is 0 Å². The van der Waals surface area contributed by atoms with E-state index in [2.05, 4.69) is 4.99 Å². The third-order valence-electron chi connectivity index (χ3n) is 3.15. The topological polar surface area (TPSA) is 35.9 Å². The Kier molecular flexibility index (Phi) is 4.60.